The minimum atomic E-state index is -1.16. The third kappa shape index (κ3) is 6.99. The fourth-order valence-corrected chi connectivity index (χ4v) is 6.76. The predicted molar refractivity (Wildman–Crippen MR) is 177 cm³/mol. The van der Waals surface area contributed by atoms with E-state index in [1.807, 2.05) is 54.3 Å². The maximum Gasteiger partial charge on any atom is 0.148 e. The summed E-state index contributed by atoms with van der Waals surface area (Å²) in [5.41, 5.74) is 4.77. The van der Waals surface area contributed by atoms with Crippen molar-refractivity contribution in [3.8, 4) is 22.8 Å². The van der Waals surface area contributed by atoms with E-state index in [2.05, 4.69) is 34.3 Å². The van der Waals surface area contributed by atoms with Crippen LogP contribution in [0, 0.1) is 12.8 Å². The largest absolute Gasteiger partial charge is 0.456 e. The summed E-state index contributed by atoms with van der Waals surface area (Å²) in [7, 11) is 0.649. The van der Waals surface area contributed by atoms with E-state index in [1.165, 1.54) is 0 Å². The van der Waals surface area contributed by atoms with Crippen LogP contribution >= 0.6 is 11.6 Å². The summed E-state index contributed by atoms with van der Waals surface area (Å²) in [5, 5.41) is 5.03. The normalized spacial score (nSPS) is 17.5. The van der Waals surface area contributed by atoms with E-state index in [0.29, 0.717) is 46.3 Å². The van der Waals surface area contributed by atoms with Gasteiger partial charge in [-0.15, -0.1) is 0 Å². The summed E-state index contributed by atoms with van der Waals surface area (Å²) in [6, 6.07) is 10.7. The lowest BCUT2D eigenvalue weighted by molar-refractivity contribution is 0.0536. The van der Waals surface area contributed by atoms with Crippen molar-refractivity contribution in [1.82, 2.24) is 29.3 Å². The highest BCUT2D eigenvalue weighted by atomic mass is 35.5. The lowest BCUT2D eigenvalue weighted by atomic mass is 9.87. The summed E-state index contributed by atoms with van der Waals surface area (Å²) in [4.78, 5) is 14.2. The van der Waals surface area contributed by atoms with Crippen LogP contribution in [0.25, 0.3) is 33.3 Å². The molecule has 232 valence electrons. The van der Waals surface area contributed by atoms with E-state index in [4.69, 9.17) is 35.8 Å². The maximum atomic E-state index is 6.89. The summed E-state index contributed by atoms with van der Waals surface area (Å²) < 4.78 is 22.0. The Bertz CT molecular complexity index is 1760. The van der Waals surface area contributed by atoms with Gasteiger partial charge < -0.3 is 18.8 Å². The van der Waals surface area contributed by atoms with E-state index >= 15 is 0 Å². The molecule has 1 aliphatic carbocycles. The van der Waals surface area contributed by atoms with Crippen molar-refractivity contribution in [2.45, 2.75) is 77.7 Å². The van der Waals surface area contributed by atoms with E-state index in [0.717, 1.165) is 73.0 Å². The van der Waals surface area contributed by atoms with Crippen LogP contribution in [0.15, 0.2) is 48.9 Å². The molecule has 0 saturated heterocycles. The Hall–Kier alpha value is -3.31. The van der Waals surface area contributed by atoms with Gasteiger partial charge in [-0.1, -0.05) is 31.2 Å². The zero-order valence-electron chi connectivity index (χ0n) is 26.2. The molecule has 0 aliphatic heterocycles. The predicted octanol–water partition coefficient (Wildman–Crippen LogP) is 8.11. The first-order valence-corrected chi connectivity index (χ1v) is 19.5. The molecule has 1 aliphatic rings. The summed E-state index contributed by atoms with van der Waals surface area (Å²) in [6.45, 7) is 11.2. The highest BCUT2D eigenvalue weighted by Gasteiger charge is 2.22. The first-order valence-electron chi connectivity index (χ1n) is 15.4. The maximum absolute atomic E-state index is 6.89. The topological polar surface area (TPSA) is 89.1 Å². The van der Waals surface area contributed by atoms with E-state index in [9.17, 15) is 0 Å². The van der Waals surface area contributed by atoms with Crippen molar-refractivity contribution in [3.05, 3.63) is 59.8 Å². The van der Waals surface area contributed by atoms with Gasteiger partial charge in [-0.05, 0) is 68.8 Å². The number of aryl methyl sites for hydroxylation is 1. The lowest BCUT2D eigenvalue weighted by Crippen LogP contribution is -2.23. The van der Waals surface area contributed by atoms with Crippen LogP contribution in [0.3, 0.4) is 0 Å². The number of aromatic nitrogens is 6. The van der Waals surface area contributed by atoms with Gasteiger partial charge in [-0.2, -0.15) is 5.10 Å². The van der Waals surface area contributed by atoms with Crippen LogP contribution in [-0.4, -0.2) is 57.2 Å². The van der Waals surface area contributed by atoms with Crippen LogP contribution in [-0.2, 0) is 22.7 Å². The smallest absolute Gasteiger partial charge is 0.148 e. The van der Waals surface area contributed by atoms with E-state index < -0.39 is 8.07 Å². The van der Waals surface area contributed by atoms with Crippen LogP contribution in [0.2, 0.25) is 30.7 Å². The molecule has 11 heteroatoms. The van der Waals surface area contributed by atoms with Crippen LogP contribution < -0.4 is 4.74 Å². The molecule has 0 N–H and O–H groups in total. The average molecular weight is 633 g/mol. The number of nitrogens with zero attached hydrogens (tertiary/aromatic N) is 6. The number of imidazole rings is 1. The number of methoxy groups -OCH3 is 1. The SMILES string of the molecule is COC1CCC(Cn2cc(-c3cnc4ccc(Oc5ccc6nc(C)n(COCC[Si](C)(C)C)c6c5)c(Cl)c4n3)cn2)CC1. The van der Waals surface area contributed by atoms with Crippen molar-refractivity contribution in [3.63, 3.8) is 0 Å². The molecule has 3 aromatic heterocycles. The van der Waals surface area contributed by atoms with E-state index in [-0.39, 0.29) is 0 Å². The number of benzene rings is 2. The zero-order chi connectivity index (χ0) is 30.8. The molecule has 3 heterocycles. The number of halogens is 1. The van der Waals surface area contributed by atoms with Gasteiger partial charge in [0.25, 0.3) is 0 Å². The second-order valence-electron chi connectivity index (χ2n) is 13.0. The molecule has 5 aromatic rings. The van der Waals surface area contributed by atoms with Gasteiger partial charge >= 0.3 is 0 Å². The molecule has 0 atom stereocenters. The van der Waals surface area contributed by atoms with Gasteiger partial charge in [0.1, 0.15) is 34.6 Å². The summed E-state index contributed by atoms with van der Waals surface area (Å²) in [6.07, 6.45) is 10.6. The average Bonchev–Trinajstić information content (AvgIpc) is 3.60. The molecule has 2 aromatic carbocycles. The molecule has 9 nitrogen and oxygen atoms in total. The Morgan fingerprint density at radius 3 is 2.57 bits per heavy atom. The molecule has 0 radical (unpaired) electrons. The number of hydrogen-bond acceptors (Lipinski definition) is 7. The number of fused-ring (bicyclic) bond motifs is 2. The lowest BCUT2D eigenvalue weighted by Gasteiger charge is -2.27. The van der Waals surface area contributed by atoms with Crippen molar-refractivity contribution in [2.75, 3.05) is 13.7 Å². The Morgan fingerprint density at radius 2 is 1.80 bits per heavy atom. The minimum Gasteiger partial charge on any atom is -0.456 e. The second-order valence-corrected chi connectivity index (χ2v) is 19.0. The molecule has 0 amide bonds. The molecule has 44 heavy (non-hydrogen) atoms. The summed E-state index contributed by atoms with van der Waals surface area (Å²) >= 11 is 6.89. The fraction of sp³-hybridized carbons (Fsp3) is 0.455. The third-order valence-electron chi connectivity index (χ3n) is 8.47. The minimum absolute atomic E-state index is 0.394. The summed E-state index contributed by atoms with van der Waals surface area (Å²) in [5.74, 6) is 2.68. The number of rotatable bonds is 11. The van der Waals surface area contributed by atoms with Crippen molar-refractivity contribution in [2.24, 2.45) is 5.92 Å². The monoisotopic (exact) mass is 632 g/mol. The van der Waals surface area contributed by atoms with Crippen molar-refractivity contribution in [1.29, 1.82) is 0 Å². The Labute approximate surface area is 264 Å². The highest BCUT2D eigenvalue weighted by molar-refractivity contribution is 6.76. The first kappa shape index (κ1) is 30.7. The molecular weight excluding hydrogens is 592 g/mol. The first-order chi connectivity index (χ1) is 21.2. The van der Waals surface area contributed by atoms with Gasteiger partial charge in [0.05, 0.1) is 40.7 Å². The molecule has 6 rings (SSSR count). The quantitative estimate of drug-likeness (QED) is 0.107. The molecule has 0 spiro atoms. The molecule has 1 saturated carbocycles. The molecule has 0 unspecified atom stereocenters. The van der Waals surface area contributed by atoms with Crippen molar-refractivity contribution < 1.29 is 14.2 Å². The zero-order valence-corrected chi connectivity index (χ0v) is 28.0. The van der Waals surface area contributed by atoms with Gasteiger partial charge in [0.15, 0.2) is 0 Å². The number of ether oxygens (including phenoxy) is 3. The Morgan fingerprint density at radius 1 is 1.00 bits per heavy atom. The Kier molecular flexibility index (Phi) is 9.05. The molecule has 1 fully saturated rings. The number of hydrogen-bond donors (Lipinski definition) is 0. The van der Waals surface area contributed by atoms with E-state index in [1.54, 1.807) is 13.3 Å². The third-order valence-corrected chi connectivity index (χ3v) is 10.5. The van der Waals surface area contributed by atoms with Gasteiger partial charge in [-0.3, -0.25) is 9.67 Å². The van der Waals surface area contributed by atoms with Crippen LogP contribution in [0.4, 0.5) is 0 Å². The van der Waals surface area contributed by atoms with Crippen LogP contribution in [0.5, 0.6) is 11.5 Å². The van der Waals surface area contributed by atoms with Crippen molar-refractivity contribution >= 4 is 41.7 Å². The molecule has 0 bridgehead atoms. The standard InChI is InChI=1S/C33H41ClN6O3Si/c1-22-37-27-11-10-26(16-30(27)40(22)21-42-14-15-44(3,4)5)43-31-13-12-28-33(32(31)34)38-29(18-35-28)24-17-36-39(20-24)19-23-6-8-25(41-2)9-7-23/h10-13,16-18,20,23,25H,6-9,14-15,19,21H2,1-5H3. The Balaban J connectivity index is 1.19. The van der Waals surface area contributed by atoms with Gasteiger partial charge in [-0.25, -0.2) is 9.97 Å². The highest BCUT2D eigenvalue weighted by Crippen LogP contribution is 2.36. The van der Waals surface area contributed by atoms with Gasteiger partial charge in [0.2, 0.25) is 0 Å². The second kappa shape index (κ2) is 13.0. The van der Waals surface area contributed by atoms with Crippen LogP contribution in [0.1, 0.15) is 31.5 Å². The van der Waals surface area contributed by atoms with Gasteiger partial charge in [0, 0.05) is 46.2 Å². The fourth-order valence-electron chi connectivity index (χ4n) is 5.77. The molecular formula is C33H41ClN6O3Si.